The minimum atomic E-state index is 0.111. The molecule has 1 unspecified atom stereocenters. The van der Waals surface area contributed by atoms with Gasteiger partial charge in [-0.3, -0.25) is 4.99 Å². The minimum absolute atomic E-state index is 0.111. The number of rotatable bonds is 4. The average molecular weight is 493 g/mol. The smallest absolute Gasteiger partial charge is 0.230 e. The number of ether oxygens (including phenoxy) is 2. The van der Waals surface area contributed by atoms with E-state index in [1.54, 1.807) is 6.20 Å². The number of halogens is 1. The fraction of sp³-hybridized carbons (Fsp3) is 0.357. The van der Waals surface area contributed by atoms with Crippen LogP contribution in [0.15, 0.2) is 71.9 Å². The monoisotopic (exact) mass is 492 g/mol. The lowest BCUT2D eigenvalue weighted by molar-refractivity contribution is 0.290. The third-order valence-corrected chi connectivity index (χ3v) is 6.22. The van der Waals surface area contributed by atoms with Crippen LogP contribution in [-0.4, -0.2) is 49.5 Å². The van der Waals surface area contributed by atoms with Crippen molar-refractivity contribution < 1.29 is 9.47 Å². The Bertz CT molecular complexity index is 1140. The molecule has 1 atom stereocenters. The molecule has 3 aromatic rings. The highest BCUT2D eigenvalue weighted by Crippen LogP contribution is 2.32. The van der Waals surface area contributed by atoms with Gasteiger partial charge in [-0.2, -0.15) is 0 Å². The van der Waals surface area contributed by atoms with Crippen molar-refractivity contribution in [3.63, 3.8) is 0 Å². The maximum absolute atomic E-state index is 6.29. The van der Waals surface area contributed by atoms with Crippen LogP contribution in [-0.2, 0) is 0 Å². The fourth-order valence-electron chi connectivity index (χ4n) is 4.09. The van der Waals surface area contributed by atoms with E-state index in [-0.39, 0.29) is 6.04 Å². The van der Waals surface area contributed by atoms with E-state index < -0.39 is 0 Å². The maximum atomic E-state index is 6.29. The molecule has 0 bridgehead atoms. The molecule has 1 N–H and O–H groups in total. The number of pyridine rings is 1. The van der Waals surface area contributed by atoms with Gasteiger partial charge in [0.05, 0.1) is 18.2 Å². The van der Waals surface area contributed by atoms with E-state index >= 15 is 0 Å². The molecule has 184 valence electrons. The van der Waals surface area contributed by atoms with Crippen molar-refractivity contribution in [2.75, 3.05) is 33.8 Å². The van der Waals surface area contributed by atoms with Gasteiger partial charge in [-0.25, -0.2) is 4.98 Å². The highest BCUT2D eigenvalue weighted by molar-refractivity contribution is 6.30. The lowest BCUT2D eigenvalue weighted by Crippen LogP contribution is -2.35. The van der Waals surface area contributed by atoms with Crippen LogP contribution >= 0.6 is 11.6 Å². The number of nitrogens with zero attached hydrogens (tertiary/aromatic N) is 3. The van der Waals surface area contributed by atoms with Gasteiger partial charge >= 0.3 is 0 Å². The molecule has 2 heterocycles. The molecule has 0 radical (unpaired) electrons. The van der Waals surface area contributed by atoms with Crippen molar-refractivity contribution in [1.82, 2.24) is 15.2 Å². The van der Waals surface area contributed by atoms with Gasteiger partial charge in [0.15, 0.2) is 11.5 Å². The van der Waals surface area contributed by atoms with E-state index in [1.165, 1.54) is 0 Å². The van der Waals surface area contributed by atoms with E-state index in [0.29, 0.717) is 24.8 Å². The zero-order valence-corrected chi connectivity index (χ0v) is 21.2. The summed E-state index contributed by atoms with van der Waals surface area (Å²) in [7, 11) is 4.14. The normalized spacial score (nSPS) is 15.5. The first-order valence-electron chi connectivity index (χ1n) is 12.2. The molecule has 0 fully saturated rings. The Morgan fingerprint density at radius 2 is 1.80 bits per heavy atom. The second-order valence-electron chi connectivity index (χ2n) is 8.81. The van der Waals surface area contributed by atoms with Crippen molar-refractivity contribution in [3.8, 4) is 17.4 Å². The van der Waals surface area contributed by atoms with Crippen LogP contribution in [0, 0.1) is 0 Å². The summed E-state index contributed by atoms with van der Waals surface area (Å²) >= 11 is 6.28. The molecular formula is C28H33ClN4O2. The molecule has 1 aromatic heterocycles. The number of aromatic nitrogens is 1. The van der Waals surface area contributed by atoms with Crippen molar-refractivity contribution in [1.29, 1.82) is 0 Å². The van der Waals surface area contributed by atoms with Gasteiger partial charge in [-0.1, -0.05) is 42.3 Å². The first-order valence-corrected chi connectivity index (χ1v) is 12.5. The van der Waals surface area contributed by atoms with Crippen LogP contribution in [0.1, 0.15) is 42.9 Å². The molecule has 0 saturated heterocycles. The van der Waals surface area contributed by atoms with Gasteiger partial charge < -0.3 is 19.7 Å². The SMILES string of the molecule is CN(C)C(CNC1=NCCCCCCOc2ccccc2Oc2ncccc21)c1cccc(Cl)c1. The molecule has 0 aliphatic carbocycles. The summed E-state index contributed by atoms with van der Waals surface area (Å²) in [6.45, 7) is 2.05. The third kappa shape index (κ3) is 6.96. The first-order chi connectivity index (χ1) is 17.1. The number of likely N-dealkylation sites (N-methyl/N-ethyl adjacent to an activating group) is 1. The Morgan fingerprint density at radius 3 is 2.63 bits per heavy atom. The number of fused-ring (bicyclic) bond motifs is 2. The Labute approximate surface area is 213 Å². The summed E-state index contributed by atoms with van der Waals surface area (Å²) in [5.41, 5.74) is 1.97. The number of nitrogens with one attached hydrogen (secondary N) is 1. The lowest BCUT2D eigenvalue weighted by Gasteiger charge is -2.26. The molecule has 35 heavy (non-hydrogen) atoms. The first kappa shape index (κ1) is 25.0. The van der Waals surface area contributed by atoms with Gasteiger partial charge in [-0.05, 0) is 75.3 Å². The second kappa shape index (κ2) is 12.6. The van der Waals surface area contributed by atoms with Crippen molar-refractivity contribution in [3.05, 3.63) is 83.0 Å². The van der Waals surface area contributed by atoms with Gasteiger partial charge in [0, 0.05) is 24.3 Å². The summed E-state index contributed by atoms with van der Waals surface area (Å²) in [5.74, 6) is 2.64. The topological polar surface area (TPSA) is 59.0 Å². The molecule has 0 amide bonds. The van der Waals surface area contributed by atoms with Crippen LogP contribution in [0.4, 0.5) is 0 Å². The molecule has 0 saturated carbocycles. The van der Waals surface area contributed by atoms with Crippen LogP contribution in [0.5, 0.6) is 17.4 Å². The molecule has 6 nitrogen and oxygen atoms in total. The fourth-order valence-corrected chi connectivity index (χ4v) is 4.29. The van der Waals surface area contributed by atoms with Gasteiger partial charge in [0.25, 0.3) is 0 Å². The summed E-state index contributed by atoms with van der Waals surface area (Å²) < 4.78 is 12.3. The molecule has 1 aliphatic heterocycles. The zero-order chi connectivity index (χ0) is 24.5. The Kier molecular flexibility index (Phi) is 8.98. The van der Waals surface area contributed by atoms with E-state index in [0.717, 1.165) is 60.0 Å². The predicted molar refractivity (Wildman–Crippen MR) is 142 cm³/mol. The van der Waals surface area contributed by atoms with E-state index in [2.05, 4.69) is 35.4 Å². The predicted octanol–water partition coefficient (Wildman–Crippen LogP) is 6.12. The van der Waals surface area contributed by atoms with Gasteiger partial charge in [0.1, 0.15) is 5.84 Å². The minimum Gasteiger partial charge on any atom is -0.490 e. The summed E-state index contributed by atoms with van der Waals surface area (Å²) in [5, 5.41) is 4.33. The number of para-hydroxylation sites is 2. The molecular weight excluding hydrogens is 460 g/mol. The standard InChI is InChI=1S/C28H33ClN4O2/c1-33(2)24(21-11-9-12-22(29)19-21)20-32-27-23-13-10-17-31-28(23)35-26-15-6-5-14-25(26)34-18-8-4-3-7-16-30-27/h5-6,9-15,17,19,24H,3-4,7-8,16,18,20H2,1-2H3,(H,30,32). The number of aliphatic imine (C=N–C) groups is 1. The quantitative estimate of drug-likeness (QED) is 0.475. The summed E-state index contributed by atoms with van der Waals surface area (Å²) in [6.07, 6.45) is 5.97. The van der Waals surface area contributed by atoms with Gasteiger partial charge in [-0.15, -0.1) is 0 Å². The van der Waals surface area contributed by atoms with Crippen LogP contribution in [0.25, 0.3) is 0 Å². The number of hydrogen-bond acceptors (Lipinski definition) is 6. The molecule has 0 spiro atoms. The van der Waals surface area contributed by atoms with E-state index in [9.17, 15) is 0 Å². The Morgan fingerprint density at radius 1 is 0.971 bits per heavy atom. The Balaban J connectivity index is 1.64. The lowest BCUT2D eigenvalue weighted by atomic mass is 10.1. The number of benzene rings is 2. The highest BCUT2D eigenvalue weighted by Gasteiger charge is 2.19. The molecule has 4 rings (SSSR count). The second-order valence-corrected chi connectivity index (χ2v) is 9.25. The number of hydrogen-bond donors (Lipinski definition) is 1. The van der Waals surface area contributed by atoms with E-state index in [4.69, 9.17) is 26.1 Å². The van der Waals surface area contributed by atoms with Crippen molar-refractivity contribution >= 4 is 17.4 Å². The maximum Gasteiger partial charge on any atom is 0.230 e. The van der Waals surface area contributed by atoms with Crippen LogP contribution in [0.2, 0.25) is 5.02 Å². The van der Waals surface area contributed by atoms with E-state index in [1.807, 2.05) is 54.6 Å². The third-order valence-electron chi connectivity index (χ3n) is 5.98. The average Bonchev–Trinajstić information content (AvgIpc) is 2.85. The number of amidine groups is 1. The van der Waals surface area contributed by atoms with Crippen LogP contribution < -0.4 is 14.8 Å². The van der Waals surface area contributed by atoms with Crippen molar-refractivity contribution in [2.45, 2.75) is 31.7 Å². The van der Waals surface area contributed by atoms with Crippen molar-refractivity contribution in [2.24, 2.45) is 4.99 Å². The molecule has 7 heteroatoms. The summed E-state index contributed by atoms with van der Waals surface area (Å²) in [4.78, 5) is 11.7. The van der Waals surface area contributed by atoms with Gasteiger partial charge in [0.2, 0.25) is 5.88 Å². The Hall–Kier alpha value is -3.09. The molecule has 2 aromatic carbocycles. The molecule has 1 aliphatic rings. The summed E-state index contributed by atoms with van der Waals surface area (Å²) in [6, 6.07) is 19.7. The zero-order valence-electron chi connectivity index (χ0n) is 20.4. The van der Waals surface area contributed by atoms with Crippen LogP contribution in [0.3, 0.4) is 0 Å². The largest absolute Gasteiger partial charge is 0.490 e. The highest BCUT2D eigenvalue weighted by atomic mass is 35.5.